The number of ether oxygens (including phenoxy) is 3. The minimum absolute atomic E-state index is 0.212. The molecule has 0 amide bonds. The topological polar surface area (TPSA) is 77.6 Å². The van der Waals surface area contributed by atoms with Gasteiger partial charge in [-0.15, -0.1) is 0 Å². The molecule has 0 aliphatic rings. The Morgan fingerprint density at radius 1 is 1.05 bits per heavy atom. The average molecular weight is 269 g/mol. The Morgan fingerprint density at radius 2 is 1.68 bits per heavy atom. The second-order valence-corrected chi connectivity index (χ2v) is 3.65. The second-order valence-electron chi connectivity index (χ2n) is 3.65. The fraction of sp³-hybridized carbons (Fsp3) is 0.538. The van der Waals surface area contributed by atoms with Crippen molar-refractivity contribution < 1.29 is 23.8 Å². The van der Waals surface area contributed by atoms with Gasteiger partial charge in [-0.1, -0.05) is 0 Å². The van der Waals surface area contributed by atoms with E-state index in [-0.39, 0.29) is 25.5 Å². The van der Waals surface area contributed by atoms with Crippen LogP contribution in [0.3, 0.4) is 0 Å². The molecule has 6 heteroatoms. The van der Waals surface area contributed by atoms with Gasteiger partial charge in [0.15, 0.2) is 0 Å². The molecule has 0 saturated carbocycles. The number of carbonyl (C=O) groups excluding carboxylic acids is 2. The molecule has 1 aromatic heterocycles. The van der Waals surface area contributed by atoms with Gasteiger partial charge in [0.05, 0.1) is 31.1 Å². The average Bonchev–Trinajstić information content (AvgIpc) is 2.81. The van der Waals surface area contributed by atoms with Gasteiger partial charge in [0.25, 0.3) is 0 Å². The van der Waals surface area contributed by atoms with E-state index in [1.54, 1.807) is 13.8 Å². The van der Waals surface area contributed by atoms with Gasteiger partial charge in [0, 0.05) is 6.61 Å². The van der Waals surface area contributed by atoms with E-state index in [1.165, 1.54) is 6.07 Å². The largest absolute Gasteiger partial charge is 0.462 e. The van der Waals surface area contributed by atoms with E-state index >= 15 is 0 Å². The van der Waals surface area contributed by atoms with Crippen LogP contribution in [0.4, 0.5) is 0 Å². The van der Waals surface area contributed by atoms with Crippen molar-refractivity contribution in [2.45, 2.75) is 27.4 Å². The van der Waals surface area contributed by atoms with Crippen molar-refractivity contribution >= 4 is 11.9 Å². The van der Waals surface area contributed by atoms with Crippen molar-refractivity contribution in [3.8, 4) is 0 Å². The third-order valence-corrected chi connectivity index (χ3v) is 2.34. The maximum atomic E-state index is 11.8. The first kappa shape index (κ1) is 15.2. The Morgan fingerprint density at radius 3 is 2.26 bits per heavy atom. The molecular formula is C13H19NO5. The number of hydrogen-bond donors (Lipinski definition) is 1. The first-order valence-corrected chi connectivity index (χ1v) is 6.27. The van der Waals surface area contributed by atoms with E-state index in [4.69, 9.17) is 14.2 Å². The van der Waals surface area contributed by atoms with Crippen LogP contribution >= 0.6 is 0 Å². The molecule has 0 aliphatic carbocycles. The molecule has 6 nitrogen and oxygen atoms in total. The Kier molecular flexibility index (Phi) is 6.08. The predicted molar refractivity (Wildman–Crippen MR) is 68.0 cm³/mol. The summed E-state index contributed by atoms with van der Waals surface area (Å²) in [5.74, 6) is -0.986. The van der Waals surface area contributed by atoms with Gasteiger partial charge in [-0.05, 0) is 26.8 Å². The summed E-state index contributed by atoms with van der Waals surface area (Å²) in [6.07, 6.45) is 0. The van der Waals surface area contributed by atoms with Crippen molar-refractivity contribution in [1.29, 1.82) is 0 Å². The highest BCUT2D eigenvalue weighted by molar-refractivity contribution is 5.95. The number of nitrogens with one attached hydrogen (secondary N) is 1. The predicted octanol–water partition coefficient (Wildman–Crippen LogP) is 1.90. The number of esters is 2. The number of rotatable bonds is 7. The molecule has 0 radical (unpaired) electrons. The van der Waals surface area contributed by atoms with E-state index in [2.05, 4.69) is 4.98 Å². The van der Waals surface area contributed by atoms with Crippen LogP contribution in [0.15, 0.2) is 6.07 Å². The van der Waals surface area contributed by atoms with E-state index in [0.717, 1.165) is 0 Å². The quantitative estimate of drug-likeness (QED) is 0.765. The molecule has 19 heavy (non-hydrogen) atoms. The van der Waals surface area contributed by atoms with Crippen LogP contribution in [0.2, 0.25) is 0 Å². The van der Waals surface area contributed by atoms with Crippen molar-refractivity contribution in [2.24, 2.45) is 0 Å². The smallest absolute Gasteiger partial charge is 0.354 e. The highest BCUT2D eigenvalue weighted by atomic mass is 16.5. The van der Waals surface area contributed by atoms with Gasteiger partial charge in [-0.25, -0.2) is 9.59 Å². The molecule has 0 unspecified atom stereocenters. The summed E-state index contributed by atoms with van der Waals surface area (Å²) in [5.41, 5.74) is 1.04. The summed E-state index contributed by atoms with van der Waals surface area (Å²) in [5, 5.41) is 0. The lowest BCUT2D eigenvalue weighted by Crippen LogP contribution is -2.07. The minimum atomic E-state index is -0.504. The highest BCUT2D eigenvalue weighted by Crippen LogP contribution is 2.15. The molecule has 106 valence electrons. The number of aromatic amines is 1. The third kappa shape index (κ3) is 4.10. The van der Waals surface area contributed by atoms with Gasteiger partial charge < -0.3 is 19.2 Å². The fourth-order valence-electron chi connectivity index (χ4n) is 1.53. The summed E-state index contributed by atoms with van der Waals surface area (Å²) < 4.78 is 15.1. The van der Waals surface area contributed by atoms with Crippen LogP contribution in [0.5, 0.6) is 0 Å². The lowest BCUT2D eigenvalue weighted by atomic mass is 10.2. The molecule has 0 bridgehead atoms. The molecule has 0 fully saturated rings. The molecule has 0 spiro atoms. The van der Waals surface area contributed by atoms with Crippen LogP contribution in [0.1, 0.15) is 47.3 Å². The molecule has 1 rings (SSSR count). The number of aromatic nitrogens is 1. The Hall–Kier alpha value is -1.82. The SMILES string of the molecule is CCOCc1[nH]c(C(=O)OCC)cc1C(=O)OCC. The molecule has 1 aromatic rings. The zero-order valence-corrected chi connectivity index (χ0v) is 11.4. The molecule has 1 heterocycles. The summed E-state index contributed by atoms with van der Waals surface area (Å²) in [6.45, 7) is 6.55. The standard InChI is InChI=1S/C13H19NO5/c1-4-17-8-11-9(12(15)18-5-2)7-10(14-11)13(16)19-6-3/h7,14H,4-6,8H2,1-3H3. The van der Waals surface area contributed by atoms with E-state index in [0.29, 0.717) is 17.9 Å². The van der Waals surface area contributed by atoms with E-state index in [9.17, 15) is 9.59 Å². The van der Waals surface area contributed by atoms with Crippen LogP contribution in [0, 0.1) is 0 Å². The van der Waals surface area contributed by atoms with Gasteiger partial charge in [0.1, 0.15) is 5.69 Å². The fourth-order valence-corrected chi connectivity index (χ4v) is 1.53. The zero-order valence-electron chi connectivity index (χ0n) is 11.4. The number of carbonyl (C=O) groups is 2. The van der Waals surface area contributed by atoms with Crippen LogP contribution in [0.25, 0.3) is 0 Å². The van der Waals surface area contributed by atoms with Crippen molar-refractivity contribution in [3.05, 3.63) is 23.0 Å². The van der Waals surface area contributed by atoms with Gasteiger partial charge in [0.2, 0.25) is 0 Å². The molecular weight excluding hydrogens is 250 g/mol. The Bertz CT molecular complexity index is 438. The zero-order chi connectivity index (χ0) is 14.3. The minimum Gasteiger partial charge on any atom is -0.462 e. The molecule has 0 aliphatic heterocycles. The number of H-pyrrole nitrogens is 1. The summed E-state index contributed by atoms with van der Waals surface area (Å²) in [4.78, 5) is 26.2. The summed E-state index contributed by atoms with van der Waals surface area (Å²) in [7, 11) is 0. The monoisotopic (exact) mass is 269 g/mol. The van der Waals surface area contributed by atoms with Gasteiger partial charge in [-0.2, -0.15) is 0 Å². The van der Waals surface area contributed by atoms with Crippen molar-refractivity contribution in [1.82, 2.24) is 4.98 Å². The van der Waals surface area contributed by atoms with Crippen LogP contribution < -0.4 is 0 Å². The van der Waals surface area contributed by atoms with Crippen molar-refractivity contribution in [3.63, 3.8) is 0 Å². The molecule has 0 aromatic carbocycles. The second kappa shape index (κ2) is 7.58. The first-order chi connectivity index (χ1) is 9.13. The third-order valence-electron chi connectivity index (χ3n) is 2.34. The molecule has 0 atom stereocenters. The first-order valence-electron chi connectivity index (χ1n) is 6.27. The van der Waals surface area contributed by atoms with E-state index < -0.39 is 11.9 Å². The maximum Gasteiger partial charge on any atom is 0.354 e. The van der Waals surface area contributed by atoms with Crippen LogP contribution in [-0.4, -0.2) is 36.7 Å². The van der Waals surface area contributed by atoms with Crippen molar-refractivity contribution in [2.75, 3.05) is 19.8 Å². The normalized spacial score (nSPS) is 10.3. The van der Waals surface area contributed by atoms with Gasteiger partial charge in [-0.3, -0.25) is 0 Å². The highest BCUT2D eigenvalue weighted by Gasteiger charge is 2.20. The molecule has 1 N–H and O–H groups in total. The number of hydrogen-bond acceptors (Lipinski definition) is 5. The Balaban J connectivity index is 2.97. The lowest BCUT2D eigenvalue weighted by Gasteiger charge is -2.03. The summed E-state index contributed by atoms with van der Waals surface area (Å²) in [6, 6.07) is 1.43. The van der Waals surface area contributed by atoms with Crippen LogP contribution in [-0.2, 0) is 20.8 Å². The lowest BCUT2D eigenvalue weighted by molar-refractivity contribution is 0.0513. The van der Waals surface area contributed by atoms with E-state index in [1.807, 2.05) is 6.92 Å². The maximum absolute atomic E-state index is 11.8. The molecule has 0 saturated heterocycles. The Labute approximate surface area is 112 Å². The summed E-state index contributed by atoms with van der Waals surface area (Å²) >= 11 is 0. The van der Waals surface area contributed by atoms with Gasteiger partial charge >= 0.3 is 11.9 Å².